The van der Waals surface area contributed by atoms with E-state index in [9.17, 15) is 0 Å². The number of nitrogens with zero attached hydrogens (tertiary/aromatic N) is 3. The first-order chi connectivity index (χ1) is 7.69. The SMILES string of the molecule is CCCc1nn(C)c2c1[nH]c(=S)n2CCC. The van der Waals surface area contributed by atoms with Crippen molar-refractivity contribution in [1.29, 1.82) is 0 Å². The summed E-state index contributed by atoms with van der Waals surface area (Å²) in [6, 6.07) is 0. The summed E-state index contributed by atoms with van der Waals surface area (Å²) < 4.78 is 4.88. The van der Waals surface area contributed by atoms with Crippen LogP contribution < -0.4 is 0 Å². The van der Waals surface area contributed by atoms with Gasteiger partial charge in [-0.2, -0.15) is 5.10 Å². The number of fused-ring (bicyclic) bond motifs is 1. The lowest BCUT2D eigenvalue weighted by atomic mass is 10.2. The summed E-state index contributed by atoms with van der Waals surface area (Å²) in [6.07, 6.45) is 3.18. The van der Waals surface area contributed by atoms with E-state index in [0.29, 0.717) is 0 Å². The fourth-order valence-electron chi connectivity index (χ4n) is 2.12. The lowest BCUT2D eigenvalue weighted by Gasteiger charge is -2.01. The van der Waals surface area contributed by atoms with Gasteiger partial charge in [0.05, 0.1) is 5.69 Å². The molecule has 2 aromatic rings. The summed E-state index contributed by atoms with van der Waals surface area (Å²) in [7, 11) is 1.98. The third kappa shape index (κ3) is 1.69. The van der Waals surface area contributed by atoms with Gasteiger partial charge in [-0.3, -0.25) is 4.68 Å². The smallest absolute Gasteiger partial charge is 0.179 e. The highest BCUT2D eigenvalue weighted by atomic mass is 32.1. The molecular formula is C11H18N4S. The van der Waals surface area contributed by atoms with Crippen molar-refractivity contribution in [1.82, 2.24) is 19.3 Å². The van der Waals surface area contributed by atoms with Gasteiger partial charge in [0.15, 0.2) is 10.4 Å². The predicted molar refractivity (Wildman–Crippen MR) is 68.2 cm³/mol. The molecule has 0 bridgehead atoms. The topological polar surface area (TPSA) is 38.5 Å². The zero-order valence-corrected chi connectivity index (χ0v) is 10.9. The number of hydrogen-bond acceptors (Lipinski definition) is 2. The lowest BCUT2D eigenvalue weighted by molar-refractivity contribution is 0.650. The van der Waals surface area contributed by atoms with Gasteiger partial charge in [-0.15, -0.1) is 0 Å². The molecule has 0 atom stereocenters. The Morgan fingerprint density at radius 1 is 1.31 bits per heavy atom. The average molecular weight is 238 g/mol. The predicted octanol–water partition coefficient (Wildman–Crippen LogP) is 2.79. The Morgan fingerprint density at radius 3 is 2.69 bits per heavy atom. The van der Waals surface area contributed by atoms with Gasteiger partial charge in [0, 0.05) is 13.6 Å². The lowest BCUT2D eigenvalue weighted by Crippen LogP contribution is -2.02. The van der Waals surface area contributed by atoms with E-state index in [0.717, 1.165) is 47.4 Å². The van der Waals surface area contributed by atoms with E-state index in [4.69, 9.17) is 12.2 Å². The van der Waals surface area contributed by atoms with Crippen LogP contribution in [0, 0.1) is 4.77 Å². The Labute approximate surface area is 100 Å². The molecule has 0 spiro atoms. The minimum absolute atomic E-state index is 0.808. The Balaban J connectivity index is 2.65. The van der Waals surface area contributed by atoms with Crippen LogP contribution in [0.1, 0.15) is 32.4 Å². The molecule has 0 radical (unpaired) electrons. The van der Waals surface area contributed by atoms with E-state index in [-0.39, 0.29) is 0 Å². The summed E-state index contributed by atoms with van der Waals surface area (Å²) in [4.78, 5) is 3.28. The standard InChI is InChI=1S/C11H18N4S/c1-4-6-8-9-10(14(3)13-8)15(7-5-2)11(16)12-9/h4-7H2,1-3H3,(H,12,16). The van der Waals surface area contributed by atoms with Crippen molar-refractivity contribution in [3.8, 4) is 0 Å². The second-order valence-electron chi connectivity index (χ2n) is 4.10. The first-order valence-corrected chi connectivity index (χ1v) is 6.24. The van der Waals surface area contributed by atoms with Crippen LogP contribution in [0.25, 0.3) is 11.2 Å². The maximum Gasteiger partial charge on any atom is 0.179 e. The van der Waals surface area contributed by atoms with Crippen LogP contribution in [0.4, 0.5) is 0 Å². The maximum atomic E-state index is 5.34. The molecule has 0 aromatic carbocycles. The van der Waals surface area contributed by atoms with E-state index in [1.54, 1.807) is 0 Å². The second kappa shape index (κ2) is 4.41. The van der Waals surface area contributed by atoms with Gasteiger partial charge in [0.25, 0.3) is 0 Å². The molecule has 1 N–H and O–H groups in total. The Kier molecular flexibility index (Phi) is 3.14. The second-order valence-corrected chi connectivity index (χ2v) is 4.49. The fraction of sp³-hybridized carbons (Fsp3) is 0.636. The summed E-state index contributed by atoms with van der Waals surface area (Å²) in [6.45, 7) is 5.27. The maximum absolute atomic E-state index is 5.34. The van der Waals surface area contributed by atoms with Crippen molar-refractivity contribution in [3.63, 3.8) is 0 Å². The number of nitrogens with one attached hydrogen (secondary N) is 1. The molecule has 2 rings (SSSR count). The van der Waals surface area contributed by atoms with Crippen molar-refractivity contribution in [2.75, 3.05) is 0 Å². The Bertz CT molecular complexity index is 546. The largest absolute Gasteiger partial charge is 0.328 e. The third-order valence-corrected chi connectivity index (χ3v) is 3.08. The molecule has 0 aliphatic heterocycles. The molecule has 0 saturated carbocycles. The van der Waals surface area contributed by atoms with Crippen LogP contribution in [-0.4, -0.2) is 19.3 Å². The van der Waals surface area contributed by atoms with Crippen LogP contribution in [0.3, 0.4) is 0 Å². The van der Waals surface area contributed by atoms with Gasteiger partial charge in [-0.25, -0.2) is 0 Å². The molecular weight excluding hydrogens is 220 g/mol. The first kappa shape index (κ1) is 11.4. The van der Waals surface area contributed by atoms with Gasteiger partial charge >= 0.3 is 0 Å². The summed E-state index contributed by atoms with van der Waals surface area (Å²) in [5.74, 6) is 0. The van der Waals surface area contributed by atoms with Crippen LogP contribution in [0.2, 0.25) is 0 Å². The van der Waals surface area contributed by atoms with Gasteiger partial charge < -0.3 is 9.55 Å². The Hall–Kier alpha value is -1.10. The molecule has 0 aliphatic carbocycles. The Morgan fingerprint density at radius 2 is 2.06 bits per heavy atom. The normalized spacial score (nSPS) is 11.4. The molecule has 5 heteroatoms. The van der Waals surface area contributed by atoms with Crippen LogP contribution in [0.5, 0.6) is 0 Å². The van der Waals surface area contributed by atoms with E-state index < -0.39 is 0 Å². The van der Waals surface area contributed by atoms with E-state index in [1.807, 2.05) is 11.7 Å². The van der Waals surface area contributed by atoms with E-state index in [2.05, 4.69) is 28.5 Å². The number of rotatable bonds is 4. The zero-order valence-electron chi connectivity index (χ0n) is 10.1. The molecule has 4 nitrogen and oxygen atoms in total. The number of imidazole rings is 1. The van der Waals surface area contributed by atoms with Crippen molar-refractivity contribution < 1.29 is 0 Å². The number of H-pyrrole nitrogens is 1. The summed E-state index contributed by atoms with van der Waals surface area (Å²) >= 11 is 5.34. The molecule has 2 aromatic heterocycles. The average Bonchev–Trinajstić information content (AvgIpc) is 2.70. The van der Waals surface area contributed by atoms with Crippen LogP contribution >= 0.6 is 12.2 Å². The van der Waals surface area contributed by atoms with Gasteiger partial charge in [0.2, 0.25) is 0 Å². The monoisotopic (exact) mass is 238 g/mol. The van der Waals surface area contributed by atoms with Crippen molar-refractivity contribution in [2.24, 2.45) is 7.05 Å². The minimum Gasteiger partial charge on any atom is -0.328 e. The molecule has 16 heavy (non-hydrogen) atoms. The van der Waals surface area contributed by atoms with E-state index >= 15 is 0 Å². The molecule has 0 saturated heterocycles. The zero-order chi connectivity index (χ0) is 11.7. The number of aromatic amines is 1. The van der Waals surface area contributed by atoms with Crippen LogP contribution in [-0.2, 0) is 20.0 Å². The molecule has 0 amide bonds. The van der Waals surface area contributed by atoms with Crippen LogP contribution in [0.15, 0.2) is 0 Å². The molecule has 0 aliphatic rings. The highest BCUT2D eigenvalue weighted by Gasteiger charge is 2.13. The van der Waals surface area contributed by atoms with Crippen molar-refractivity contribution in [2.45, 2.75) is 39.7 Å². The highest BCUT2D eigenvalue weighted by Crippen LogP contribution is 2.19. The van der Waals surface area contributed by atoms with Crippen molar-refractivity contribution >= 4 is 23.4 Å². The third-order valence-electron chi connectivity index (χ3n) is 2.76. The first-order valence-electron chi connectivity index (χ1n) is 5.83. The summed E-state index contributed by atoms with van der Waals surface area (Å²) in [5, 5.41) is 4.54. The number of aryl methyl sites for hydroxylation is 3. The fourth-order valence-corrected chi connectivity index (χ4v) is 2.40. The molecule has 0 fully saturated rings. The van der Waals surface area contributed by atoms with Gasteiger partial charge in [0.1, 0.15) is 5.52 Å². The quantitative estimate of drug-likeness (QED) is 0.832. The van der Waals surface area contributed by atoms with E-state index in [1.165, 1.54) is 0 Å². The minimum atomic E-state index is 0.808. The highest BCUT2D eigenvalue weighted by molar-refractivity contribution is 7.71. The molecule has 0 unspecified atom stereocenters. The summed E-state index contributed by atoms with van der Waals surface area (Å²) in [5.41, 5.74) is 3.36. The number of hydrogen-bond donors (Lipinski definition) is 1. The number of aromatic nitrogens is 4. The van der Waals surface area contributed by atoms with Gasteiger partial charge in [-0.05, 0) is 25.1 Å². The van der Waals surface area contributed by atoms with Gasteiger partial charge in [-0.1, -0.05) is 20.3 Å². The van der Waals surface area contributed by atoms with Crippen molar-refractivity contribution in [3.05, 3.63) is 10.5 Å². The molecule has 2 heterocycles. The molecule has 88 valence electrons.